The molecule has 0 unspecified atom stereocenters. The van der Waals surface area contributed by atoms with Crippen LogP contribution in [0, 0.1) is 0 Å². The molecule has 5 heteroatoms. The molecule has 0 spiro atoms. The quantitative estimate of drug-likeness (QED) is 0.861. The Labute approximate surface area is 110 Å². The maximum Gasteiger partial charge on any atom is 0.339 e. The van der Waals surface area contributed by atoms with E-state index in [-0.39, 0.29) is 5.56 Å². The van der Waals surface area contributed by atoms with Crippen molar-refractivity contribution in [3.8, 4) is 5.75 Å². The molecule has 2 N–H and O–H groups in total. The fourth-order valence-electron chi connectivity index (χ4n) is 1.69. The van der Waals surface area contributed by atoms with Crippen molar-refractivity contribution in [3.63, 3.8) is 0 Å². The molecule has 19 heavy (non-hydrogen) atoms. The van der Waals surface area contributed by atoms with E-state index in [1.165, 1.54) is 6.07 Å². The maximum atomic E-state index is 11.0. The molecular formula is C14H14N2O3. The number of pyridine rings is 1. The SMILES string of the molecule is COc1cccc(CNc2ncccc2C(=O)O)c1. The predicted molar refractivity (Wildman–Crippen MR) is 71.5 cm³/mol. The largest absolute Gasteiger partial charge is 0.497 e. The molecular weight excluding hydrogens is 244 g/mol. The Morgan fingerprint density at radius 1 is 1.37 bits per heavy atom. The van der Waals surface area contributed by atoms with E-state index in [4.69, 9.17) is 9.84 Å². The van der Waals surface area contributed by atoms with E-state index in [9.17, 15) is 4.79 Å². The lowest BCUT2D eigenvalue weighted by Gasteiger charge is -2.09. The molecule has 1 aromatic heterocycles. The number of hydrogen-bond donors (Lipinski definition) is 2. The summed E-state index contributed by atoms with van der Waals surface area (Å²) in [6, 6.07) is 10.7. The third-order valence-electron chi connectivity index (χ3n) is 2.63. The number of hydrogen-bond acceptors (Lipinski definition) is 4. The van der Waals surface area contributed by atoms with E-state index < -0.39 is 5.97 Å². The normalized spacial score (nSPS) is 9.95. The van der Waals surface area contributed by atoms with Crippen molar-refractivity contribution < 1.29 is 14.6 Å². The molecule has 0 atom stereocenters. The average molecular weight is 258 g/mol. The third kappa shape index (κ3) is 3.22. The number of aromatic nitrogens is 1. The van der Waals surface area contributed by atoms with Gasteiger partial charge in [0.1, 0.15) is 17.1 Å². The molecule has 0 amide bonds. The van der Waals surface area contributed by atoms with Crippen LogP contribution >= 0.6 is 0 Å². The summed E-state index contributed by atoms with van der Waals surface area (Å²) >= 11 is 0. The molecule has 0 bridgehead atoms. The highest BCUT2D eigenvalue weighted by molar-refractivity contribution is 5.92. The summed E-state index contributed by atoms with van der Waals surface area (Å²) in [5.74, 6) is 0.123. The van der Waals surface area contributed by atoms with Gasteiger partial charge in [-0.05, 0) is 29.8 Å². The monoisotopic (exact) mass is 258 g/mol. The second-order valence-electron chi connectivity index (χ2n) is 3.91. The fourth-order valence-corrected chi connectivity index (χ4v) is 1.69. The summed E-state index contributed by atoms with van der Waals surface area (Å²) in [5.41, 5.74) is 1.15. The van der Waals surface area contributed by atoms with Crippen LogP contribution in [0.1, 0.15) is 15.9 Å². The van der Waals surface area contributed by atoms with E-state index in [1.54, 1.807) is 19.4 Å². The summed E-state index contributed by atoms with van der Waals surface area (Å²) in [6.45, 7) is 0.481. The van der Waals surface area contributed by atoms with Crippen molar-refractivity contribution in [2.45, 2.75) is 6.54 Å². The summed E-state index contributed by atoms with van der Waals surface area (Å²) in [7, 11) is 1.60. The summed E-state index contributed by atoms with van der Waals surface area (Å²) < 4.78 is 5.13. The van der Waals surface area contributed by atoms with Gasteiger partial charge in [-0.1, -0.05) is 12.1 Å². The van der Waals surface area contributed by atoms with Crippen LogP contribution in [0.25, 0.3) is 0 Å². The zero-order valence-corrected chi connectivity index (χ0v) is 10.5. The number of ether oxygens (including phenoxy) is 1. The van der Waals surface area contributed by atoms with Crippen LogP contribution in [-0.4, -0.2) is 23.2 Å². The van der Waals surface area contributed by atoms with Crippen LogP contribution in [-0.2, 0) is 6.54 Å². The maximum absolute atomic E-state index is 11.0. The minimum Gasteiger partial charge on any atom is -0.497 e. The van der Waals surface area contributed by atoms with Gasteiger partial charge in [-0.3, -0.25) is 0 Å². The van der Waals surface area contributed by atoms with E-state index in [0.717, 1.165) is 11.3 Å². The molecule has 0 aliphatic carbocycles. The van der Waals surface area contributed by atoms with Gasteiger partial charge >= 0.3 is 5.97 Å². The average Bonchev–Trinajstić information content (AvgIpc) is 2.45. The molecule has 0 saturated heterocycles. The minimum absolute atomic E-state index is 0.158. The second-order valence-corrected chi connectivity index (χ2v) is 3.91. The van der Waals surface area contributed by atoms with Crippen molar-refractivity contribution in [2.24, 2.45) is 0 Å². The lowest BCUT2D eigenvalue weighted by molar-refractivity contribution is 0.0697. The minimum atomic E-state index is -0.999. The molecule has 0 saturated carbocycles. The fraction of sp³-hybridized carbons (Fsp3) is 0.143. The standard InChI is InChI=1S/C14H14N2O3/c1-19-11-5-2-4-10(8-11)9-16-13-12(14(17)18)6-3-7-15-13/h2-8H,9H2,1H3,(H,15,16)(H,17,18). The molecule has 1 aromatic carbocycles. The van der Waals surface area contributed by atoms with Gasteiger partial charge in [-0.25, -0.2) is 9.78 Å². The highest BCUT2D eigenvalue weighted by atomic mass is 16.5. The number of rotatable bonds is 5. The van der Waals surface area contributed by atoms with Gasteiger partial charge in [0.15, 0.2) is 0 Å². The molecule has 2 rings (SSSR count). The van der Waals surface area contributed by atoms with Crippen LogP contribution in [0.4, 0.5) is 5.82 Å². The number of aromatic carboxylic acids is 1. The van der Waals surface area contributed by atoms with E-state index in [1.807, 2.05) is 24.3 Å². The second kappa shape index (κ2) is 5.86. The van der Waals surface area contributed by atoms with Crippen molar-refractivity contribution >= 4 is 11.8 Å². The number of methoxy groups -OCH3 is 1. The highest BCUT2D eigenvalue weighted by Crippen LogP contribution is 2.16. The van der Waals surface area contributed by atoms with Crippen molar-refractivity contribution in [3.05, 3.63) is 53.7 Å². The number of nitrogens with one attached hydrogen (secondary N) is 1. The Kier molecular flexibility index (Phi) is 3.97. The molecule has 5 nitrogen and oxygen atoms in total. The Morgan fingerprint density at radius 3 is 2.95 bits per heavy atom. The summed E-state index contributed by atoms with van der Waals surface area (Å²) in [6.07, 6.45) is 1.56. The number of carboxylic acid groups (broad SMARTS) is 1. The van der Waals surface area contributed by atoms with E-state index >= 15 is 0 Å². The van der Waals surface area contributed by atoms with Gasteiger partial charge in [-0.15, -0.1) is 0 Å². The molecule has 0 radical (unpaired) electrons. The van der Waals surface area contributed by atoms with Crippen LogP contribution in [0.5, 0.6) is 5.75 Å². The molecule has 98 valence electrons. The first-order chi connectivity index (χ1) is 9.20. The van der Waals surface area contributed by atoms with Gasteiger partial charge in [0, 0.05) is 12.7 Å². The first kappa shape index (κ1) is 12.9. The van der Waals surface area contributed by atoms with Crippen molar-refractivity contribution in [2.75, 3.05) is 12.4 Å². The number of carboxylic acids is 1. The topological polar surface area (TPSA) is 71.5 Å². The van der Waals surface area contributed by atoms with Crippen LogP contribution in [0.3, 0.4) is 0 Å². The smallest absolute Gasteiger partial charge is 0.339 e. The lowest BCUT2D eigenvalue weighted by atomic mass is 10.2. The first-order valence-corrected chi connectivity index (χ1v) is 5.76. The van der Waals surface area contributed by atoms with Crippen LogP contribution < -0.4 is 10.1 Å². The van der Waals surface area contributed by atoms with Gasteiger partial charge in [0.25, 0.3) is 0 Å². The zero-order valence-electron chi connectivity index (χ0n) is 10.5. The molecule has 0 fully saturated rings. The lowest BCUT2D eigenvalue weighted by Crippen LogP contribution is -2.08. The van der Waals surface area contributed by atoms with Crippen LogP contribution in [0.15, 0.2) is 42.6 Å². The number of nitrogens with zero attached hydrogens (tertiary/aromatic N) is 1. The molecule has 0 aliphatic heterocycles. The summed E-state index contributed by atoms with van der Waals surface area (Å²) in [4.78, 5) is 15.1. The highest BCUT2D eigenvalue weighted by Gasteiger charge is 2.09. The third-order valence-corrected chi connectivity index (χ3v) is 2.63. The van der Waals surface area contributed by atoms with Gasteiger partial charge in [0.05, 0.1) is 7.11 Å². The van der Waals surface area contributed by atoms with E-state index in [0.29, 0.717) is 12.4 Å². The van der Waals surface area contributed by atoms with Gasteiger partial charge in [-0.2, -0.15) is 0 Å². The molecule has 0 aliphatic rings. The Balaban J connectivity index is 2.12. The molecule has 2 aromatic rings. The van der Waals surface area contributed by atoms with Gasteiger partial charge < -0.3 is 15.2 Å². The van der Waals surface area contributed by atoms with Crippen LogP contribution in [0.2, 0.25) is 0 Å². The number of benzene rings is 1. The van der Waals surface area contributed by atoms with Crippen molar-refractivity contribution in [1.82, 2.24) is 4.98 Å². The van der Waals surface area contributed by atoms with Crippen molar-refractivity contribution in [1.29, 1.82) is 0 Å². The Bertz CT molecular complexity index is 584. The Morgan fingerprint density at radius 2 is 2.21 bits per heavy atom. The Hall–Kier alpha value is -2.56. The van der Waals surface area contributed by atoms with Gasteiger partial charge in [0.2, 0.25) is 0 Å². The molecule has 1 heterocycles. The predicted octanol–water partition coefficient (Wildman–Crippen LogP) is 2.40. The number of carbonyl (C=O) groups is 1. The zero-order chi connectivity index (χ0) is 13.7. The number of anilines is 1. The summed E-state index contributed by atoms with van der Waals surface area (Å²) in [5, 5.41) is 12.1. The van der Waals surface area contributed by atoms with E-state index in [2.05, 4.69) is 10.3 Å². The first-order valence-electron chi connectivity index (χ1n) is 5.76.